The maximum atomic E-state index is 11.7. The van der Waals surface area contributed by atoms with E-state index in [1.54, 1.807) is 28.9 Å². The second-order valence-electron chi connectivity index (χ2n) is 6.54. The molecule has 0 atom stereocenters. The van der Waals surface area contributed by atoms with Crippen LogP contribution in [0.3, 0.4) is 0 Å². The molecular formula is C21H18N4O2. The fourth-order valence-corrected chi connectivity index (χ4v) is 3.09. The predicted molar refractivity (Wildman–Crippen MR) is 103 cm³/mol. The van der Waals surface area contributed by atoms with Crippen molar-refractivity contribution in [3.05, 3.63) is 77.0 Å². The third-order valence-electron chi connectivity index (χ3n) is 4.62. The summed E-state index contributed by atoms with van der Waals surface area (Å²) in [5.41, 5.74) is 5.11. The van der Waals surface area contributed by atoms with Gasteiger partial charge in [-0.25, -0.2) is 14.5 Å². The Morgan fingerprint density at radius 1 is 1.07 bits per heavy atom. The SMILES string of the molecule is Cc1ccc(Cn2nnc(-c3cc(C(=O)O)c4ccccc4n3)c2C)cc1. The van der Waals surface area contributed by atoms with E-state index in [0.29, 0.717) is 28.8 Å². The highest BCUT2D eigenvalue weighted by atomic mass is 16.4. The van der Waals surface area contributed by atoms with E-state index >= 15 is 0 Å². The van der Waals surface area contributed by atoms with Gasteiger partial charge in [-0.05, 0) is 31.5 Å². The summed E-state index contributed by atoms with van der Waals surface area (Å²) in [6.45, 7) is 4.56. The lowest BCUT2D eigenvalue weighted by Gasteiger charge is -2.07. The van der Waals surface area contributed by atoms with Gasteiger partial charge in [0.2, 0.25) is 0 Å². The maximum absolute atomic E-state index is 11.7. The summed E-state index contributed by atoms with van der Waals surface area (Å²) in [7, 11) is 0. The van der Waals surface area contributed by atoms with E-state index in [0.717, 1.165) is 11.3 Å². The number of carboxylic acid groups (broad SMARTS) is 1. The molecule has 0 aliphatic carbocycles. The molecule has 2 aromatic heterocycles. The fourth-order valence-electron chi connectivity index (χ4n) is 3.09. The van der Waals surface area contributed by atoms with E-state index in [9.17, 15) is 9.90 Å². The van der Waals surface area contributed by atoms with Crippen molar-refractivity contribution in [1.29, 1.82) is 0 Å². The predicted octanol–water partition coefficient (Wildman–Crippen LogP) is 3.86. The van der Waals surface area contributed by atoms with E-state index in [1.807, 2.05) is 19.9 Å². The van der Waals surface area contributed by atoms with Gasteiger partial charge in [-0.2, -0.15) is 0 Å². The average molecular weight is 358 g/mol. The number of aromatic nitrogens is 4. The van der Waals surface area contributed by atoms with E-state index in [2.05, 4.69) is 39.6 Å². The van der Waals surface area contributed by atoms with E-state index in [4.69, 9.17) is 0 Å². The minimum Gasteiger partial charge on any atom is -0.478 e. The molecule has 0 unspecified atom stereocenters. The normalized spacial score (nSPS) is 11.0. The smallest absolute Gasteiger partial charge is 0.336 e. The monoisotopic (exact) mass is 358 g/mol. The van der Waals surface area contributed by atoms with Crippen LogP contribution in [0.1, 0.15) is 27.2 Å². The highest BCUT2D eigenvalue weighted by Gasteiger charge is 2.17. The molecule has 4 rings (SSSR count). The van der Waals surface area contributed by atoms with Crippen LogP contribution < -0.4 is 0 Å². The van der Waals surface area contributed by atoms with E-state index < -0.39 is 5.97 Å². The topological polar surface area (TPSA) is 80.9 Å². The largest absolute Gasteiger partial charge is 0.478 e. The van der Waals surface area contributed by atoms with Crippen molar-refractivity contribution in [2.75, 3.05) is 0 Å². The van der Waals surface area contributed by atoms with Gasteiger partial charge in [-0.15, -0.1) is 5.10 Å². The molecule has 0 aliphatic rings. The number of hydrogen-bond acceptors (Lipinski definition) is 4. The first-order chi connectivity index (χ1) is 13.0. The minimum atomic E-state index is -0.987. The Hall–Kier alpha value is -3.54. The van der Waals surface area contributed by atoms with Crippen molar-refractivity contribution in [1.82, 2.24) is 20.0 Å². The van der Waals surface area contributed by atoms with Gasteiger partial charge >= 0.3 is 5.97 Å². The average Bonchev–Trinajstić information content (AvgIpc) is 3.03. The standard InChI is InChI=1S/C21H18N4O2/c1-13-7-9-15(10-8-13)12-25-14(2)20(23-24-25)19-11-17(21(26)27)16-5-3-4-6-18(16)22-19/h3-11H,12H2,1-2H3,(H,26,27). The Morgan fingerprint density at radius 2 is 1.81 bits per heavy atom. The zero-order chi connectivity index (χ0) is 19.0. The molecule has 2 heterocycles. The molecule has 0 fully saturated rings. The second-order valence-corrected chi connectivity index (χ2v) is 6.54. The van der Waals surface area contributed by atoms with Crippen LogP contribution in [0.5, 0.6) is 0 Å². The van der Waals surface area contributed by atoms with Crippen LogP contribution in [0.4, 0.5) is 0 Å². The first kappa shape index (κ1) is 16.9. The van der Waals surface area contributed by atoms with Crippen LogP contribution in [0, 0.1) is 13.8 Å². The molecular weight excluding hydrogens is 340 g/mol. The first-order valence-electron chi connectivity index (χ1n) is 8.62. The number of pyridine rings is 1. The quantitative estimate of drug-likeness (QED) is 0.599. The highest BCUT2D eigenvalue weighted by Crippen LogP contribution is 2.25. The number of carbonyl (C=O) groups is 1. The van der Waals surface area contributed by atoms with Crippen LogP contribution >= 0.6 is 0 Å². The minimum absolute atomic E-state index is 0.211. The van der Waals surface area contributed by atoms with Crippen molar-refractivity contribution in [2.24, 2.45) is 0 Å². The zero-order valence-corrected chi connectivity index (χ0v) is 15.0. The van der Waals surface area contributed by atoms with Crippen LogP contribution in [-0.4, -0.2) is 31.1 Å². The lowest BCUT2D eigenvalue weighted by Crippen LogP contribution is -2.04. The molecule has 134 valence electrons. The number of para-hydroxylation sites is 1. The van der Waals surface area contributed by atoms with Gasteiger partial charge < -0.3 is 5.11 Å². The summed E-state index contributed by atoms with van der Waals surface area (Å²) in [4.78, 5) is 16.3. The number of aryl methyl sites for hydroxylation is 1. The van der Waals surface area contributed by atoms with Crippen molar-refractivity contribution >= 4 is 16.9 Å². The molecule has 0 spiro atoms. The van der Waals surface area contributed by atoms with Gasteiger partial charge in [0.15, 0.2) is 0 Å². The lowest BCUT2D eigenvalue weighted by atomic mass is 10.1. The molecule has 0 amide bonds. The fraction of sp³-hybridized carbons (Fsp3) is 0.143. The number of hydrogen-bond donors (Lipinski definition) is 1. The van der Waals surface area contributed by atoms with Gasteiger partial charge in [0.1, 0.15) is 5.69 Å². The Bertz CT molecular complexity index is 1150. The Morgan fingerprint density at radius 3 is 2.56 bits per heavy atom. The summed E-state index contributed by atoms with van der Waals surface area (Å²) < 4.78 is 1.80. The number of rotatable bonds is 4. The molecule has 4 aromatic rings. The van der Waals surface area contributed by atoms with Gasteiger partial charge in [0, 0.05) is 5.39 Å². The van der Waals surface area contributed by atoms with Crippen LogP contribution in [0.2, 0.25) is 0 Å². The Balaban J connectivity index is 1.77. The molecule has 6 heteroatoms. The van der Waals surface area contributed by atoms with Crippen molar-refractivity contribution < 1.29 is 9.90 Å². The van der Waals surface area contributed by atoms with Crippen LogP contribution in [0.25, 0.3) is 22.3 Å². The lowest BCUT2D eigenvalue weighted by molar-refractivity contribution is 0.0699. The molecule has 0 saturated carbocycles. The van der Waals surface area contributed by atoms with Gasteiger partial charge in [0.25, 0.3) is 0 Å². The summed E-state index contributed by atoms with van der Waals surface area (Å²) in [5, 5.41) is 18.7. The van der Waals surface area contributed by atoms with Gasteiger partial charge in [-0.3, -0.25) is 0 Å². The second kappa shape index (κ2) is 6.64. The van der Waals surface area contributed by atoms with Crippen LogP contribution in [0.15, 0.2) is 54.6 Å². The third-order valence-corrected chi connectivity index (χ3v) is 4.62. The summed E-state index contributed by atoms with van der Waals surface area (Å²) in [6.07, 6.45) is 0. The summed E-state index contributed by atoms with van der Waals surface area (Å²) in [5.74, 6) is -0.987. The molecule has 0 radical (unpaired) electrons. The number of nitrogens with zero attached hydrogens (tertiary/aromatic N) is 4. The number of fused-ring (bicyclic) bond motifs is 1. The third kappa shape index (κ3) is 3.17. The van der Waals surface area contributed by atoms with Gasteiger partial charge in [0.05, 0.1) is 29.0 Å². The van der Waals surface area contributed by atoms with Crippen molar-refractivity contribution in [3.8, 4) is 11.4 Å². The first-order valence-corrected chi connectivity index (χ1v) is 8.62. The number of benzene rings is 2. The van der Waals surface area contributed by atoms with Gasteiger partial charge in [-0.1, -0.05) is 53.2 Å². The summed E-state index contributed by atoms with van der Waals surface area (Å²) >= 11 is 0. The Kier molecular flexibility index (Phi) is 4.16. The molecule has 0 saturated heterocycles. The molecule has 2 aromatic carbocycles. The zero-order valence-electron chi connectivity index (χ0n) is 15.0. The van der Waals surface area contributed by atoms with E-state index in [1.165, 1.54) is 5.56 Å². The molecule has 6 nitrogen and oxygen atoms in total. The van der Waals surface area contributed by atoms with Crippen molar-refractivity contribution in [2.45, 2.75) is 20.4 Å². The maximum Gasteiger partial charge on any atom is 0.336 e. The molecule has 0 aliphatic heterocycles. The number of carboxylic acids is 1. The van der Waals surface area contributed by atoms with E-state index in [-0.39, 0.29) is 5.56 Å². The van der Waals surface area contributed by atoms with Crippen LogP contribution in [-0.2, 0) is 6.54 Å². The molecule has 0 bridgehead atoms. The van der Waals surface area contributed by atoms with Crippen molar-refractivity contribution in [3.63, 3.8) is 0 Å². The Labute approximate surface area is 156 Å². The molecule has 27 heavy (non-hydrogen) atoms. The number of aromatic carboxylic acids is 1. The summed E-state index contributed by atoms with van der Waals surface area (Å²) in [6, 6.07) is 17.0. The highest BCUT2D eigenvalue weighted by molar-refractivity contribution is 6.03. The molecule has 1 N–H and O–H groups in total.